The first-order chi connectivity index (χ1) is 9.60. The quantitative estimate of drug-likeness (QED) is 0.772. The van der Waals surface area contributed by atoms with Gasteiger partial charge >= 0.3 is 0 Å². The summed E-state index contributed by atoms with van der Waals surface area (Å²) in [7, 11) is 0. The first-order valence-corrected chi connectivity index (χ1v) is 7.16. The zero-order valence-electron chi connectivity index (χ0n) is 13.5. The molecule has 0 bridgehead atoms. The van der Waals surface area contributed by atoms with Crippen molar-refractivity contribution in [3.8, 4) is 0 Å². The topological polar surface area (TPSA) is 89.2 Å². The van der Waals surface area contributed by atoms with E-state index in [2.05, 4.69) is 10.6 Å². The highest BCUT2D eigenvalue weighted by Crippen LogP contribution is 2.16. The molecular weight excluding hydrogens is 268 g/mol. The van der Waals surface area contributed by atoms with Gasteiger partial charge in [-0.05, 0) is 40.7 Å². The number of anilines is 1. The number of nitrogens with one attached hydrogen (secondary N) is 2. The van der Waals surface area contributed by atoms with Crippen LogP contribution in [0.25, 0.3) is 0 Å². The minimum atomic E-state index is -0.262. The fourth-order valence-electron chi connectivity index (χ4n) is 1.97. The van der Waals surface area contributed by atoms with E-state index in [1.54, 1.807) is 12.3 Å². The Kier molecular flexibility index (Phi) is 5.41. The van der Waals surface area contributed by atoms with Crippen LogP contribution in [-0.4, -0.2) is 28.5 Å². The van der Waals surface area contributed by atoms with E-state index in [0.29, 0.717) is 17.9 Å². The molecule has 0 aliphatic heterocycles. The Morgan fingerprint density at radius 1 is 1.33 bits per heavy atom. The Bertz CT molecular complexity index is 512. The molecule has 0 saturated carbocycles. The predicted octanol–water partition coefficient (Wildman–Crippen LogP) is 1.69. The average Bonchev–Trinajstić information content (AvgIpc) is 2.69. The monoisotopic (exact) mass is 294 g/mol. The lowest BCUT2D eigenvalue weighted by molar-refractivity contribution is -0.122. The number of hydrogen-bond acceptors (Lipinski definition) is 3. The summed E-state index contributed by atoms with van der Waals surface area (Å²) in [6, 6.07) is 1.79. The minimum Gasteiger partial charge on any atom is -0.397 e. The molecule has 6 heteroatoms. The lowest BCUT2D eigenvalue weighted by Crippen LogP contribution is -2.42. The molecule has 0 saturated heterocycles. The second-order valence-electron chi connectivity index (χ2n) is 6.46. The molecule has 1 heterocycles. The molecular formula is C15H26N4O2. The van der Waals surface area contributed by atoms with Gasteiger partial charge in [0.15, 0.2) is 0 Å². The highest BCUT2D eigenvalue weighted by Gasteiger charge is 2.16. The van der Waals surface area contributed by atoms with Crippen LogP contribution in [0.15, 0.2) is 12.3 Å². The van der Waals surface area contributed by atoms with Gasteiger partial charge < -0.3 is 20.9 Å². The molecule has 21 heavy (non-hydrogen) atoms. The smallest absolute Gasteiger partial charge is 0.268 e. The van der Waals surface area contributed by atoms with E-state index in [1.165, 1.54) is 0 Å². The van der Waals surface area contributed by atoms with E-state index in [0.717, 1.165) is 0 Å². The van der Waals surface area contributed by atoms with Crippen molar-refractivity contribution in [2.24, 2.45) is 0 Å². The number of nitrogens with two attached hydrogens (primary N) is 1. The van der Waals surface area contributed by atoms with Crippen molar-refractivity contribution in [1.29, 1.82) is 0 Å². The van der Waals surface area contributed by atoms with E-state index < -0.39 is 0 Å². The van der Waals surface area contributed by atoms with Crippen LogP contribution in [0.5, 0.6) is 0 Å². The van der Waals surface area contributed by atoms with Crippen molar-refractivity contribution in [3.05, 3.63) is 18.0 Å². The Morgan fingerprint density at radius 2 is 1.95 bits per heavy atom. The van der Waals surface area contributed by atoms with E-state index in [1.807, 2.05) is 39.2 Å². The van der Waals surface area contributed by atoms with Crippen molar-refractivity contribution in [2.45, 2.75) is 52.6 Å². The van der Waals surface area contributed by atoms with Gasteiger partial charge in [0.05, 0.1) is 5.69 Å². The van der Waals surface area contributed by atoms with Gasteiger partial charge in [0, 0.05) is 30.7 Å². The Morgan fingerprint density at radius 3 is 2.48 bits per heavy atom. The molecule has 0 unspecified atom stereocenters. The maximum Gasteiger partial charge on any atom is 0.268 e. The Balaban J connectivity index is 2.53. The first kappa shape index (κ1) is 17.1. The molecule has 118 valence electrons. The van der Waals surface area contributed by atoms with Crippen molar-refractivity contribution in [1.82, 2.24) is 15.2 Å². The van der Waals surface area contributed by atoms with Gasteiger partial charge in [-0.2, -0.15) is 0 Å². The molecule has 0 aromatic carbocycles. The number of aromatic nitrogens is 1. The number of nitrogen functional groups attached to an aromatic ring is 1. The second-order valence-corrected chi connectivity index (χ2v) is 6.46. The van der Waals surface area contributed by atoms with E-state index >= 15 is 0 Å². The number of nitrogens with zero attached hydrogens (tertiary/aromatic N) is 1. The van der Waals surface area contributed by atoms with Crippen molar-refractivity contribution < 1.29 is 9.59 Å². The van der Waals surface area contributed by atoms with E-state index in [9.17, 15) is 9.59 Å². The van der Waals surface area contributed by atoms with Gasteiger partial charge in [-0.3, -0.25) is 9.59 Å². The van der Waals surface area contributed by atoms with E-state index in [-0.39, 0.29) is 29.8 Å². The van der Waals surface area contributed by atoms with Gasteiger partial charge in [0.1, 0.15) is 5.69 Å². The number of rotatable bonds is 5. The molecule has 0 aliphatic carbocycles. The summed E-state index contributed by atoms with van der Waals surface area (Å²) in [4.78, 5) is 23.8. The summed E-state index contributed by atoms with van der Waals surface area (Å²) in [6.07, 6.45) is 1.99. The van der Waals surface area contributed by atoms with Crippen LogP contribution in [0.1, 0.15) is 57.6 Å². The third-order valence-corrected chi connectivity index (χ3v) is 2.81. The molecule has 0 fully saturated rings. The Hall–Kier alpha value is -1.98. The molecule has 0 atom stereocenters. The first-order valence-electron chi connectivity index (χ1n) is 7.16. The summed E-state index contributed by atoms with van der Waals surface area (Å²) in [5, 5.41) is 5.60. The molecule has 2 amide bonds. The van der Waals surface area contributed by atoms with Crippen molar-refractivity contribution in [3.63, 3.8) is 0 Å². The van der Waals surface area contributed by atoms with Gasteiger partial charge in [-0.15, -0.1) is 0 Å². The predicted molar refractivity (Wildman–Crippen MR) is 84.1 cm³/mol. The van der Waals surface area contributed by atoms with Crippen LogP contribution in [-0.2, 0) is 4.79 Å². The maximum atomic E-state index is 12.1. The van der Waals surface area contributed by atoms with Crippen molar-refractivity contribution >= 4 is 17.5 Å². The van der Waals surface area contributed by atoms with Crippen molar-refractivity contribution in [2.75, 3.05) is 12.3 Å². The third-order valence-electron chi connectivity index (χ3n) is 2.81. The number of carbonyl (C=O) groups excluding carboxylic acids is 2. The number of hydrogen-bond donors (Lipinski definition) is 3. The van der Waals surface area contributed by atoms with Crippen LogP contribution >= 0.6 is 0 Å². The summed E-state index contributed by atoms with van der Waals surface area (Å²) in [5.74, 6) is -0.300. The second kappa shape index (κ2) is 6.65. The van der Waals surface area contributed by atoms with E-state index in [4.69, 9.17) is 5.73 Å². The number of carbonyl (C=O) groups is 2. The maximum absolute atomic E-state index is 12.1. The van der Waals surface area contributed by atoms with Crippen LogP contribution in [0.4, 0.5) is 5.69 Å². The molecule has 0 spiro atoms. The standard InChI is InChI=1S/C15H26N4O2/c1-10(2)19-9-11(16)8-12(19)14(21)17-7-6-13(20)18-15(3,4)5/h8-10H,6-7,16H2,1-5H3,(H,17,21)(H,18,20). The fourth-order valence-corrected chi connectivity index (χ4v) is 1.97. The average molecular weight is 294 g/mol. The highest BCUT2D eigenvalue weighted by molar-refractivity contribution is 5.94. The van der Waals surface area contributed by atoms with Crippen LogP contribution in [0, 0.1) is 0 Å². The zero-order chi connectivity index (χ0) is 16.2. The number of amides is 2. The molecule has 1 aromatic rings. The minimum absolute atomic E-state index is 0.0819. The van der Waals surface area contributed by atoms with Gasteiger partial charge in [0.25, 0.3) is 5.91 Å². The van der Waals surface area contributed by atoms with Gasteiger partial charge in [0.2, 0.25) is 5.91 Å². The van der Waals surface area contributed by atoms with Gasteiger partial charge in [-0.25, -0.2) is 0 Å². The van der Waals surface area contributed by atoms with Crippen LogP contribution in [0.2, 0.25) is 0 Å². The highest BCUT2D eigenvalue weighted by atomic mass is 16.2. The lowest BCUT2D eigenvalue weighted by Gasteiger charge is -2.20. The summed E-state index contributed by atoms with van der Waals surface area (Å²) in [5.41, 5.74) is 6.54. The van der Waals surface area contributed by atoms with Crippen LogP contribution < -0.4 is 16.4 Å². The molecule has 6 nitrogen and oxygen atoms in total. The normalized spacial score (nSPS) is 11.5. The molecule has 1 rings (SSSR count). The molecule has 0 radical (unpaired) electrons. The molecule has 1 aromatic heterocycles. The zero-order valence-corrected chi connectivity index (χ0v) is 13.5. The third kappa shape index (κ3) is 5.49. The molecule has 0 aliphatic rings. The van der Waals surface area contributed by atoms with Gasteiger partial charge in [-0.1, -0.05) is 0 Å². The summed E-state index contributed by atoms with van der Waals surface area (Å²) in [6.45, 7) is 10.0. The largest absolute Gasteiger partial charge is 0.397 e. The summed E-state index contributed by atoms with van der Waals surface area (Å²) < 4.78 is 1.82. The lowest BCUT2D eigenvalue weighted by atomic mass is 10.1. The SMILES string of the molecule is CC(C)n1cc(N)cc1C(=O)NCCC(=O)NC(C)(C)C. The van der Waals surface area contributed by atoms with Crippen LogP contribution in [0.3, 0.4) is 0 Å². The fraction of sp³-hybridized carbons (Fsp3) is 0.600. The summed E-state index contributed by atoms with van der Waals surface area (Å²) >= 11 is 0. The molecule has 4 N–H and O–H groups in total. The Labute approximate surface area is 126 Å².